The van der Waals surface area contributed by atoms with E-state index in [1.807, 2.05) is 6.07 Å². The fourth-order valence-electron chi connectivity index (χ4n) is 9.91. The summed E-state index contributed by atoms with van der Waals surface area (Å²) in [6.07, 6.45) is 5.49. The number of aromatic nitrogens is 2. The van der Waals surface area contributed by atoms with E-state index in [0.717, 1.165) is 46.0 Å². The third-order valence-corrected chi connectivity index (χ3v) is 12.5. The number of para-hydroxylation sites is 1. The maximum absolute atomic E-state index is 7.08. The Hall–Kier alpha value is -7.36. The number of fused-ring (bicyclic) bond motifs is 11. The molecular weight excluding hydrogens is 705 g/mol. The first-order chi connectivity index (χ1) is 28.7. The van der Waals surface area contributed by atoms with Crippen molar-refractivity contribution in [3.63, 3.8) is 0 Å². The molecule has 0 fully saturated rings. The maximum Gasteiger partial charge on any atom is 0.160 e. The average Bonchev–Trinajstić information content (AvgIpc) is 3.59. The van der Waals surface area contributed by atoms with Gasteiger partial charge in [-0.05, 0) is 80.0 Å². The number of allylic oxidation sites excluding steroid dienone is 4. The summed E-state index contributed by atoms with van der Waals surface area (Å²) in [5, 5.41) is 4.92. The van der Waals surface area contributed by atoms with Crippen molar-refractivity contribution >= 4 is 21.5 Å². The van der Waals surface area contributed by atoms with Crippen LogP contribution in [0.2, 0.25) is 0 Å². The van der Waals surface area contributed by atoms with Gasteiger partial charge in [0.25, 0.3) is 0 Å². The Bertz CT molecular complexity index is 3150. The fourth-order valence-corrected chi connectivity index (χ4v) is 9.91. The molecule has 0 amide bonds. The van der Waals surface area contributed by atoms with Crippen LogP contribution in [0.3, 0.4) is 0 Å². The summed E-state index contributed by atoms with van der Waals surface area (Å²) >= 11 is 0. The molecule has 8 aromatic carbocycles. The zero-order chi connectivity index (χ0) is 38.2. The topological polar surface area (TPSA) is 35.0 Å². The number of rotatable bonds is 4. The highest BCUT2D eigenvalue weighted by Gasteiger charge is 2.52. The third kappa shape index (κ3) is 4.86. The van der Waals surface area contributed by atoms with E-state index in [1.54, 1.807) is 0 Å². The van der Waals surface area contributed by atoms with Gasteiger partial charge >= 0.3 is 0 Å². The molecule has 1 aromatic heterocycles. The van der Waals surface area contributed by atoms with Crippen molar-refractivity contribution in [1.82, 2.24) is 9.97 Å². The van der Waals surface area contributed by atoms with Crippen molar-refractivity contribution < 1.29 is 4.74 Å². The van der Waals surface area contributed by atoms with Gasteiger partial charge in [0.15, 0.2) is 5.82 Å². The lowest BCUT2D eigenvalue weighted by Crippen LogP contribution is -2.36. The van der Waals surface area contributed by atoms with Crippen molar-refractivity contribution in [3.05, 3.63) is 234 Å². The second-order valence-electron chi connectivity index (χ2n) is 15.6. The normalized spacial score (nSPS) is 15.8. The van der Waals surface area contributed by atoms with Crippen LogP contribution in [0.25, 0.3) is 66.6 Å². The predicted octanol–water partition coefficient (Wildman–Crippen LogP) is 13.5. The van der Waals surface area contributed by atoms with Gasteiger partial charge in [0.2, 0.25) is 0 Å². The van der Waals surface area contributed by atoms with E-state index in [1.165, 1.54) is 60.5 Å². The Kier molecular flexibility index (Phi) is 7.27. The molecule has 272 valence electrons. The van der Waals surface area contributed by atoms with E-state index in [0.29, 0.717) is 5.82 Å². The molecule has 3 nitrogen and oxygen atoms in total. The molecule has 2 aliphatic carbocycles. The highest BCUT2D eigenvalue weighted by molar-refractivity contribution is 6.08. The van der Waals surface area contributed by atoms with Crippen molar-refractivity contribution in [2.75, 3.05) is 0 Å². The zero-order valence-electron chi connectivity index (χ0n) is 31.6. The molecule has 0 saturated heterocycles. The molecule has 1 aliphatic heterocycles. The van der Waals surface area contributed by atoms with Gasteiger partial charge in [0.1, 0.15) is 11.5 Å². The fraction of sp³-hybridized carbons (Fsp3) is 0.0545. The standard InChI is InChI=1S/C55H36N2O/c1-2-15-36(16-3-1)50-34-51(39-30-31-42-38(32-39)29-28-35-14-4-5-19-41(35)42)57-54(56-50)40-18-12-17-37(33-40)43-22-13-26-49-53(43)58-52-27-11-10-25-48(52)55(49)46-23-8-6-20-44(46)45-21-7-9-24-47(45)55/h1-21,23-34,43H,22H2. The van der Waals surface area contributed by atoms with Gasteiger partial charge in [-0.3, -0.25) is 0 Å². The molecule has 0 saturated carbocycles. The van der Waals surface area contributed by atoms with Gasteiger partial charge in [-0.1, -0.05) is 176 Å². The van der Waals surface area contributed by atoms with Crippen molar-refractivity contribution in [2.24, 2.45) is 0 Å². The monoisotopic (exact) mass is 740 g/mol. The number of hydrogen-bond donors (Lipinski definition) is 0. The number of hydrogen-bond acceptors (Lipinski definition) is 3. The molecule has 0 radical (unpaired) electrons. The van der Waals surface area contributed by atoms with Gasteiger partial charge < -0.3 is 4.74 Å². The molecular formula is C55H36N2O. The van der Waals surface area contributed by atoms with Gasteiger partial charge in [-0.15, -0.1) is 0 Å². The molecule has 0 bridgehead atoms. The molecule has 0 N–H and O–H groups in total. The Balaban J connectivity index is 1.01. The molecule has 2 heterocycles. The van der Waals surface area contributed by atoms with Crippen LogP contribution in [0.15, 0.2) is 212 Å². The van der Waals surface area contributed by atoms with E-state index in [9.17, 15) is 0 Å². The summed E-state index contributed by atoms with van der Waals surface area (Å²) in [6, 6.07) is 67.5. The van der Waals surface area contributed by atoms with Crippen LogP contribution in [-0.2, 0) is 5.41 Å². The first kappa shape index (κ1) is 32.8. The second kappa shape index (κ2) is 12.8. The van der Waals surface area contributed by atoms with Crippen molar-refractivity contribution in [3.8, 4) is 50.8 Å². The van der Waals surface area contributed by atoms with Gasteiger partial charge in [0, 0.05) is 33.7 Å². The van der Waals surface area contributed by atoms with Crippen LogP contribution in [-0.4, -0.2) is 9.97 Å². The summed E-state index contributed by atoms with van der Waals surface area (Å²) in [5.41, 5.74) is 13.1. The lowest BCUT2D eigenvalue weighted by atomic mass is 9.63. The average molecular weight is 741 g/mol. The van der Waals surface area contributed by atoms with Crippen LogP contribution >= 0.6 is 0 Å². The predicted molar refractivity (Wildman–Crippen MR) is 236 cm³/mol. The number of ether oxygens (including phenoxy) is 1. The molecule has 3 aliphatic rings. The Morgan fingerprint density at radius 3 is 1.97 bits per heavy atom. The lowest BCUT2D eigenvalue weighted by molar-refractivity contribution is 0.345. The van der Waals surface area contributed by atoms with E-state index >= 15 is 0 Å². The Morgan fingerprint density at radius 1 is 0.483 bits per heavy atom. The highest BCUT2D eigenvalue weighted by atomic mass is 16.5. The summed E-state index contributed by atoms with van der Waals surface area (Å²) < 4.78 is 7.08. The quantitative estimate of drug-likeness (QED) is 0.169. The molecule has 1 unspecified atom stereocenters. The van der Waals surface area contributed by atoms with Crippen molar-refractivity contribution in [2.45, 2.75) is 17.8 Å². The number of benzene rings is 8. The van der Waals surface area contributed by atoms with E-state index < -0.39 is 5.41 Å². The Labute approximate surface area is 337 Å². The summed E-state index contributed by atoms with van der Waals surface area (Å²) in [7, 11) is 0. The zero-order valence-corrected chi connectivity index (χ0v) is 31.6. The van der Waals surface area contributed by atoms with E-state index in [4.69, 9.17) is 14.7 Å². The minimum Gasteiger partial charge on any atom is -0.460 e. The molecule has 9 aromatic rings. The molecule has 58 heavy (non-hydrogen) atoms. The highest BCUT2D eigenvalue weighted by Crippen LogP contribution is 2.62. The van der Waals surface area contributed by atoms with Gasteiger partial charge in [-0.25, -0.2) is 9.97 Å². The number of nitrogens with zero attached hydrogens (tertiary/aromatic N) is 2. The van der Waals surface area contributed by atoms with E-state index in [-0.39, 0.29) is 5.92 Å². The maximum atomic E-state index is 7.08. The second-order valence-corrected chi connectivity index (χ2v) is 15.6. The van der Waals surface area contributed by atoms with Crippen LogP contribution in [0.5, 0.6) is 5.75 Å². The molecule has 1 spiro atoms. The van der Waals surface area contributed by atoms with Crippen LogP contribution in [0, 0.1) is 0 Å². The summed E-state index contributed by atoms with van der Waals surface area (Å²) in [4.78, 5) is 10.5. The first-order valence-corrected chi connectivity index (χ1v) is 20.1. The minimum absolute atomic E-state index is 0.00260. The lowest BCUT2D eigenvalue weighted by Gasteiger charge is -2.43. The van der Waals surface area contributed by atoms with E-state index in [2.05, 4.69) is 194 Å². The Morgan fingerprint density at radius 2 is 1.14 bits per heavy atom. The molecule has 3 heteroatoms. The third-order valence-electron chi connectivity index (χ3n) is 12.5. The van der Waals surface area contributed by atoms with Crippen LogP contribution in [0.1, 0.15) is 34.6 Å². The molecule has 1 atom stereocenters. The van der Waals surface area contributed by atoms with Gasteiger partial charge in [0.05, 0.1) is 16.8 Å². The first-order valence-electron chi connectivity index (χ1n) is 20.1. The van der Waals surface area contributed by atoms with Gasteiger partial charge in [-0.2, -0.15) is 0 Å². The smallest absolute Gasteiger partial charge is 0.160 e. The summed E-state index contributed by atoms with van der Waals surface area (Å²) in [6.45, 7) is 0. The summed E-state index contributed by atoms with van der Waals surface area (Å²) in [5.74, 6) is 2.61. The SMILES string of the molecule is C1=CC2=C(Oc3ccccc3C23c2ccccc2-c2ccccc23)C(c2cccc(-c3nc(-c4ccccc4)cc(-c4ccc5c(ccc6ccccc65)c4)n3)c2)C1. The van der Waals surface area contributed by atoms with Crippen LogP contribution < -0.4 is 4.74 Å². The molecule has 12 rings (SSSR count). The largest absolute Gasteiger partial charge is 0.460 e. The van der Waals surface area contributed by atoms with Crippen molar-refractivity contribution in [1.29, 1.82) is 0 Å². The minimum atomic E-state index is -0.488. The van der Waals surface area contributed by atoms with Crippen LogP contribution in [0.4, 0.5) is 0 Å².